The Morgan fingerprint density at radius 2 is 2.31 bits per heavy atom. The molecule has 0 aliphatic carbocycles. The number of carbonyl (C=O) groups is 1. The highest BCUT2D eigenvalue weighted by Gasteiger charge is 2.16. The number of nitrogens with zero attached hydrogens (tertiary/aromatic N) is 2. The van der Waals surface area contributed by atoms with E-state index in [-0.39, 0.29) is 5.91 Å². The first-order valence-corrected chi connectivity index (χ1v) is 5.65. The predicted molar refractivity (Wildman–Crippen MR) is 59.0 cm³/mol. The summed E-state index contributed by atoms with van der Waals surface area (Å²) in [5.74, 6) is 0.867. The molecule has 0 saturated carbocycles. The van der Waals surface area contributed by atoms with Gasteiger partial charge in [0.05, 0.1) is 5.69 Å². The summed E-state index contributed by atoms with van der Waals surface area (Å²) in [5.41, 5.74) is 0.862. The van der Waals surface area contributed by atoms with Crippen LogP contribution in [-0.2, 0) is 11.2 Å². The molecule has 2 rings (SSSR count). The molecular weight excluding hydrogens is 206 g/mol. The zero-order valence-electron chi connectivity index (χ0n) is 9.53. The fourth-order valence-electron chi connectivity index (χ4n) is 1.83. The van der Waals surface area contributed by atoms with Gasteiger partial charge < -0.3 is 14.6 Å². The summed E-state index contributed by atoms with van der Waals surface area (Å²) in [6, 6.07) is 0. The maximum absolute atomic E-state index is 11.8. The van der Waals surface area contributed by atoms with Crippen molar-refractivity contribution in [2.75, 3.05) is 26.2 Å². The molecule has 2 heterocycles. The van der Waals surface area contributed by atoms with Gasteiger partial charge >= 0.3 is 0 Å². The molecule has 88 valence electrons. The van der Waals surface area contributed by atoms with E-state index < -0.39 is 0 Å². The van der Waals surface area contributed by atoms with Crippen LogP contribution in [0.5, 0.6) is 0 Å². The van der Waals surface area contributed by atoms with Crippen LogP contribution in [0.1, 0.15) is 18.0 Å². The minimum absolute atomic E-state index is 0.210. The molecule has 1 aliphatic rings. The van der Waals surface area contributed by atoms with Gasteiger partial charge in [-0.1, -0.05) is 0 Å². The zero-order chi connectivity index (χ0) is 11.4. The first-order valence-electron chi connectivity index (χ1n) is 5.65. The Morgan fingerprint density at radius 1 is 1.56 bits per heavy atom. The SMILES string of the molecule is Cc1nc(CCC(=O)N2CCNCC2)co1. The van der Waals surface area contributed by atoms with Crippen molar-refractivity contribution in [3.05, 3.63) is 17.8 Å². The van der Waals surface area contributed by atoms with E-state index in [4.69, 9.17) is 4.42 Å². The monoisotopic (exact) mass is 223 g/mol. The summed E-state index contributed by atoms with van der Waals surface area (Å²) in [4.78, 5) is 17.9. The maximum Gasteiger partial charge on any atom is 0.223 e. The topological polar surface area (TPSA) is 58.4 Å². The summed E-state index contributed by atoms with van der Waals surface area (Å²) >= 11 is 0. The predicted octanol–water partition coefficient (Wildman–Crippen LogP) is 0.347. The van der Waals surface area contributed by atoms with Crippen LogP contribution < -0.4 is 5.32 Å². The van der Waals surface area contributed by atoms with Gasteiger partial charge in [0.25, 0.3) is 0 Å². The Labute approximate surface area is 94.8 Å². The van der Waals surface area contributed by atoms with E-state index >= 15 is 0 Å². The average Bonchev–Trinajstić information content (AvgIpc) is 2.73. The second-order valence-corrected chi connectivity index (χ2v) is 3.99. The normalized spacial score (nSPS) is 16.4. The largest absolute Gasteiger partial charge is 0.449 e. The van der Waals surface area contributed by atoms with E-state index in [1.807, 2.05) is 11.8 Å². The quantitative estimate of drug-likeness (QED) is 0.803. The highest BCUT2D eigenvalue weighted by molar-refractivity contribution is 5.76. The molecule has 0 radical (unpaired) electrons. The van der Waals surface area contributed by atoms with Gasteiger partial charge in [0.2, 0.25) is 5.91 Å². The number of carbonyl (C=O) groups excluding carboxylic acids is 1. The van der Waals surface area contributed by atoms with Gasteiger partial charge in [-0.25, -0.2) is 4.98 Å². The Hall–Kier alpha value is -1.36. The third kappa shape index (κ3) is 2.82. The van der Waals surface area contributed by atoms with E-state index in [9.17, 15) is 4.79 Å². The minimum Gasteiger partial charge on any atom is -0.449 e. The van der Waals surface area contributed by atoms with Crippen molar-refractivity contribution >= 4 is 5.91 Å². The molecular formula is C11H17N3O2. The Bertz CT molecular complexity index is 356. The second kappa shape index (κ2) is 5.12. The minimum atomic E-state index is 0.210. The number of amides is 1. The van der Waals surface area contributed by atoms with Gasteiger partial charge in [-0.15, -0.1) is 0 Å². The van der Waals surface area contributed by atoms with Crippen LogP contribution in [0.2, 0.25) is 0 Å². The first kappa shape index (κ1) is 11.1. The molecule has 1 aromatic heterocycles. The molecule has 5 nitrogen and oxygen atoms in total. The van der Waals surface area contributed by atoms with Gasteiger partial charge in [-0.05, 0) is 0 Å². The van der Waals surface area contributed by atoms with Crippen molar-refractivity contribution in [1.29, 1.82) is 0 Å². The van der Waals surface area contributed by atoms with Gasteiger partial charge in [0, 0.05) is 45.9 Å². The molecule has 5 heteroatoms. The summed E-state index contributed by atoms with van der Waals surface area (Å²) in [7, 11) is 0. The average molecular weight is 223 g/mol. The third-order valence-electron chi connectivity index (χ3n) is 2.73. The number of aromatic nitrogens is 1. The number of hydrogen-bond donors (Lipinski definition) is 1. The van der Waals surface area contributed by atoms with Gasteiger partial charge in [-0.2, -0.15) is 0 Å². The lowest BCUT2D eigenvalue weighted by Crippen LogP contribution is -2.46. The van der Waals surface area contributed by atoms with Crippen molar-refractivity contribution in [1.82, 2.24) is 15.2 Å². The lowest BCUT2D eigenvalue weighted by molar-refractivity contribution is -0.131. The lowest BCUT2D eigenvalue weighted by Gasteiger charge is -2.27. The van der Waals surface area contributed by atoms with Crippen LogP contribution in [0.4, 0.5) is 0 Å². The smallest absolute Gasteiger partial charge is 0.223 e. The number of aryl methyl sites for hydroxylation is 2. The number of rotatable bonds is 3. The maximum atomic E-state index is 11.8. The van der Waals surface area contributed by atoms with Crippen LogP contribution in [0.25, 0.3) is 0 Å². The van der Waals surface area contributed by atoms with Gasteiger partial charge in [0.1, 0.15) is 6.26 Å². The van der Waals surface area contributed by atoms with Crippen molar-refractivity contribution < 1.29 is 9.21 Å². The highest BCUT2D eigenvalue weighted by Crippen LogP contribution is 2.05. The van der Waals surface area contributed by atoms with Crippen molar-refractivity contribution in [3.63, 3.8) is 0 Å². The molecule has 1 amide bonds. The lowest BCUT2D eigenvalue weighted by atomic mass is 10.2. The van der Waals surface area contributed by atoms with E-state index in [2.05, 4.69) is 10.3 Å². The second-order valence-electron chi connectivity index (χ2n) is 3.99. The van der Waals surface area contributed by atoms with Crippen LogP contribution in [0.3, 0.4) is 0 Å². The van der Waals surface area contributed by atoms with E-state index in [0.717, 1.165) is 31.9 Å². The molecule has 0 spiro atoms. The van der Waals surface area contributed by atoms with Crippen LogP contribution in [-0.4, -0.2) is 42.0 Å². The Balaban J connectivity index is 1.78. The number of hydrogen-bond acceptors (Lipinski definition) is 4. The molecule has 1 saturated heterocycles. The summed E-state index contributed by atoms with van der Waals surface area (Å²) < 4.78 is 5.10. The van der Waals surface area contributed by atoms with Crippen LogP contribution >= 0.6 is 0 Å². The number of nitrogens with one attached hydrogen (secondary N) is 1. The van der Waals surface area contributed by atoms with E-state index in [1.54, 1.807) is 6.26 Å². The van der Waals surface area contributed by atoms with Crippen LogP contribution in [0, 0.1) is 6.92 Å². The van der Waals surface area contributed by atoms with Crippen LogP contribution in [0.15, 0.2) is 10.7 Å². The molecule has 0 bridgehead atoms. The van der Waals surface area contributed by atoms with Crippen molar-refractivity contribution in [3.8, 4) is 0 Å². The molecule has 1 fully saturated rings. The third-order valence-corrected chi connectivity index (χ3v) is 2.73. The van der Waals surface area contributed by atoms with Crippen molar-refractivity contribution in [2.24, 2.45) is 0 Å². The zero-order valence-corrected chi connectivity index (χ0v) is 9.53. The van der Waals surface area contributed by atoms with Gasteiger partial charge in [0.15, 0.2) is 5.89 Å². The van der Waals surface area contributed by atoms with E-state index in [1.165, 1.54) is 0 Å². The Kier molecular flexibility index (Phi) is 3.56. The molecule has 1 N–H and O–H groups in total. The summed E-state index contributed by atoms with van der Waals surface area (Å²) in [6.07, 6.45) is 2.81. The molecule has 0 aromatic carbocycles. The first-order chi connectivity index (χ1) is 7.75. The fourth-order valence-corrected chi connectivity index (χ4v) is 1.83. The molecule has 0 unspecified atom stereocenters. The van der Waals surface area contributed by atoms with Crippen molar-refractivity contribution in [2.45, 2.75) is 19.8 Å². The van der Waals surface area contributed by atoms with E-state index in [0.29, 0.717) is 18.7 Å². The summed E-state index contributed by atoms with van der Waals surface area (Å²) in [6.45, 7) is 5.23. The fraction of sp³-hybridized carbons (Fsp3) is 0.636. The molecule has 1 aromatic rings. The molecule has 0 atom stereocenters. The standard InChI is InChI=1S/C11H17N3O2/c1-9-13-10(8-16-9)2-3-11(15)14-6-4-12-5-7-14/h8,12H,2-7H2,1H3. The number of oxazole rings is 1. The number of piperazine rings is 1. The molecule has 1 aliphatic heterocycles. The van der Waals surface area contributed by atoms with Gasteiger partial charge in [-0.3, -0.25) is 4.79 Å². The summed E-state index contributed by atoms with van der Waals surface area (Å²) in [5, 5.41) is 3.23. The Morgan fingerprint density at radius 3 is 2.94 bits per heavy atom. The highest BCUT2D eigenvalue weighted by atomic mass is 16.3. The molecule has 16 heavy (non-hydrogen) atoms.